The maximum absolute atomic E-state index is 13.6. The number of hydrogen-bond acceptors (Lipinski definition) is 3. The van der Waals surface area contributed by atoms with E-state index in [1.165, 1.54) is 0 Å². The maximum Gasteiger partial charge on any atom is 0.235 e. The maximum atomic E-state index is 13.6. The van der Waals surface area contributed by atoms with Crippen LogP contribution in [0.25, 0.3) is 11.0 Å². The average Bonchev–Trinajstić information content (AvgIpc) is 3.24. The van der Waals surface area contributed by atoms with Gasteiger partial charge in [-0.3, -0.25) is 4.79 Å². The third-order valence-corrected chi connectivity index (χ3v) is 6.87. The van der Waals surface area contributed by atoms with Crippen LogP contribution in [0.3, 0.4) is 0 Å². The van der Waals surface area contributed by atoms with Crippen LogP contribution in [0.1, 0.15) is 56.8 Å². The zero-order valence-corrected chi connectivity index (χ0v) is 14.4. The smallest absolute Gasteiger partial charge is 0.235 e. The predicted molar refractivity (Wildman–Crippen MR) is 92.8 cm³/mol. The van der Waals surface area contributed by atoms with Crippen LogP contribution in [-0.2, 0) is 10.2 Å². The Balaban J connectivity index is 1.75. The average molecular weight is 321 g/mol. The molecule has 4 nitrogen and oxygen atoms in total. The highest BCUT2D eigenvalue weighted by molar-refractivity contribution is 5.92. The molecule has 2 unspecified atom stereocenters. The quantitative estimate of drug-likeness (QED) is 0.808. The first kappa shape index (κ1) is 14.4. The number of aromatic nitrogens is 2. The van der Waals surface area contributed by atoms with Crippen molar-refractivity contribution in [3.8, 4) is 0 Å². The number of nitrogens with zero attached hydrogens (tertiary/aromatic N) is 3. The molecule has 2 atom stereocenters. The molecule has 1 saturated heterocycles. The number of carbonyl (C=O) groups is 1. The second kappa shape index (κ2) is 4.56. The van der Waals surface area contributed by atoms with Crippen LogP contribution in [-0.4, -0.2) is 33.9 Å². The first-order valence-corrected chi connectivity index (χ1v) is 9.12. The van der Waals surface area contributed by atoms with Crippen molar-refractivity contribution in [1.82, 2.24) is 14.9 Å². The molecule has 2 fully saturated rings. The number of carbonyl (C=O) groups excluding carboxylic acids is 1. The zero-order chi connectivity index (χ0) is 16.5. The minimum atomic E-state index is -0.478. The van der Waals surface area contributed by atoms with Crippen molar-refractivity contribution in [3.63, 3.8) is 0 Å². The molecule has 2 heterocycles. The number of benzene rings is 1. The molecule has 1 aromatic heterocycles. The van der Waals surface area contributed by atoms with Gasteiger partial charge in [0.15, 0.2) is 0 Å². The minimum absolute atomic E-state index is 0.105. The molecule has 1 saturated carbocycles. The molecule has 2 bridgehead atoms. The van der Waals surface area contributed by atoms with Crippen molar-refractivity contribution in [3.05, 3.63) is 35.7 Å². The molecule has 124 valence electrons. The molecule has 0 N–H and O–H groups in total. The van der Waals surface area contributed by atoms with E-state index in [4.69, 9.17) is 9.97 Å². The lowest BCUT2D eigenvalue weighted by Crippen LogP contribution is -2.50. The molecule has 1 amide bonds. The molecule has 5 rings (SSSR count). The lowest BCUT2D eigenvalue weighted by atomic mass is 9.67. The number of fused-ring (bicyclic) bond motifs is 6. The van der Waals surface area contributed by atoms with Crippen LogP contribution in [0.5, 0.6) is 0 Å². The van der Waals surface area contributed by atoms with Crippen LogP contribution in [0.4, 0.5) is 0 Å². The third-order valence-electron chi connectivity index (χ3n) is 6.87. The van der Waals surface area contributed by atoms with Gasteiger partial charge in [0.1, 0.15) is 0 Å². The molecular weight excluding hydrogens is 298 g/mol. The lowest BCUT2D eigenvalue weighted by molar-refractivity contribution is -0.139. The second-order valence-corrected chi connectivity index (χ2v) is 8.16. The molecule has 3 aliphatic rings. The largest absolute Gasteiger partial charge is 0.342 e. The third kappa shape index (κ3) is 1.52. The monoisotopic (exact) mass is 321 g/mol. The van der Waals surface area contributed by atoms with Gasteiger partial charge in [-0.05, 0) is 43.2 Å². The Kier molecular flexibility index (Phi) is 2.73. The Bertz CT molecular complexity index is 853. The van der Waals surface area contributed by atoms with Crippen molar-refractivity contribution in [2.45, 2.75) is 50.9 Å². The molecular formula is C20H23N3O. The number of rotatable bonds is 1. The van der Waals surface area contributed by atoms with Crippen LogP contribution in [0.15, 0.2) is 24.3 Å². The van der Waals surface area contributed by atoms with Gasteiger partial charge in [-0.1, -0.05) is 26.0 Å². The van der Waals surface area contributed by atoms with Crippen molar-refractivity contribution in [2.75, 3.05) is 13.1 Å². The molecule has 0 radical (unpaired) electrons. The first-order chi connectivity index (χ1) is 11.6. The van der Waals surface area contributed by atoms with E-state index in [2.05, 4.69) is 18.7 Å². The highest BCUT2D eigenvalue weighted by Gasteiger charge is 2.68. The summed E-state index contributed by atoms with van der Waals surface area (Å²) < 4.78 is 0. The topological polar surface area (TPSA) is 46.1 Å². The van der Waals surface area contributed by atoms with E-state index in [1.54, 1.807) is 0 Å². The van der Waals surface area contributed by atoms with E-state index in [1.807, 2.05) is 24.3 Å². The zero-order valence-electron chi connectivity index (χ0n) is 14.4. The van der Waals surface area contributed by atoms with Gasteiger partial charge in [0.05, 0.1) is 27.8 Å². The molecule has 24 heavy (non-hydrogen) atoms. The predicted octanol–water partition coefficient (Wildman–Crippen LogP) is 3.41. The number of para-hydroxylation sites is 2. The van der Waals surface area contributed by atoms with Gasteiger partial charge in [0.25, 0.3) is 0 Å². The summed E-state index contributed by atoms with van der Waals surface area (Å²) in [6.07, 6.45) is 4.22. The summed E-state index contributed by atoms with van der Waals surface area (Å²) in [7, 11) is 0. The minimum Gasteiger partial charge on any atom is -0.342 e. The molecule has 1 aromatic carbocycles. The fraction of sp³-hybridized carbons (Fsp3) is 0.550. The summed E-state index contributed by atoms with van der Waals surface area (Å²) in [6.45, 7) is 6.31. The van der Waals surface area contributed by atoms with Crippen LogP contribution in [0, 0.1) is 5.41 Å². The van der Waals surface area contributed by atoms with Crippen molar-refractivity contribution < 1.29 is 4.79 Å². The highest BCUT2D eigenvalue weighted by Crippen LogP contribution is 2.67. The fourth-order valence-electron chi connectivity index (χ4n) is 5.49. The van der Waals surface area contributed by atoms with Gasteiger partial charge in [-0.2, -0.15) is 0 Å². The molecule has 0 spiro atoms. The van der Waals surface area contributed by atoms with E-state index in [0.29, 0.717) is 11.8 Å². The van der Waals surface area contributed by atoms with Gasteiger partial charge in [0.2, 0.25) is 5.91 Å². The van der Waals surface area contributed by atoms with Crippen molar-refractivity contribution in [2.24, 2.45) is 5.41 Å². The fourth-order valence-corrected chi connectivity index (χ4v) is 5.49. The van der Waals surface area contributed by atoms with E-state index in [0.717, 1.165) is 61.2 Å². The van der Waals surface area contributed by atoms with Crippen LogP contribution in [0.2, 0.25) is 0 Å². The van der Waals surface area contributed by atoms with Gasteiger partial charge in [-0.25, -0.2) is 9.97 Å². The van der Waals surface area contributed by atoms with Crippen LogP contribution < -0.4 is 0 Å². The SMILES string of the molecule is CC1(C)C2CCC1(C(=O)N1CCCC1)c1nc3ccccc3nc12. The Morgan fingerprint density at radius 3 is 2.50 bits per heavy atom. The standard InChI is InChI=1S/C20H23N3O/c1-19(2)13-9-10-20(19,18(24)23-11-5-6-12-23)17-16(13)21-14-7-3-4-8-15(14)22-17/h3-4,7-8,13H,5-6,9-12H2,1-2H3. The first-order valence-electron chi connectivity index (χ1n) is 9.12. The normalized spacial score (nSPS) is 30.1. The van der Waals surface area contributed by atoms with Gasteiger partial charge in [0, 0.05) is 19.0 Å². The summed E-state index contributed by atoms with van der Waals surface area (Å²) in [4.78, 5) is 25.6. The Hall–Kier alpha value is -1.97. The summed E-state index contributed by atoms with van der Waals surface area (Å²) >= 11 is 0. The number of likely N-dealkylation sites (tertiary alicyclic amines) is 1. The summed E-state index contributed by atoms with van der Waals surface area (Å²) in [6, 6.07) is 8.04. The Morgan fingerprint density at radius 2 is 1.79 bits per heavy atom. The second-order valence-electron chi connectivity index (χ2n) is 8.16. The van der Waals surface area contributed by atoms with E-state index in [9.17, 15) is 4.79 Å². The van der Waals surface area contributed by atoms with Crippen molar-refractivity contribution >= 4 is 16.9 Å². The van der Waals surface area contributed by atoms with Gasteiger partial charge in [-0.15, -0.1) is 0 Å². The lowest BCUT2D eigenvalue weighted by Gasteiger charge is -2.39. The summed E-state index contributed by atoms with van der Waals surface area (Å²) in [5.74, 6) is 0.645. The van der Waals surface area contributed by atoms with E-state index < -0.39 is 5.41 Å². The van der Waals surface area contributed by atoms with Crippen LogP contribution >= 0.6 is 0 Å². The van der Waals surface area contributed by atoms with Gasteiger partial charge >= 0.3 is 0 Å². The molecule has 2 aromatic rings. The van der Waals surface area contributed by atoms with Crippen molar-refractivity contribution in [1.29, 1.82) is 0 Å². The highest BCUT2D eigenvalue weighted by atomic mass is 16.2. The molecule has 1 aliphatic heterocycles. The van der Waals surface area contributed by atoms with E-state index in [-0.39, 0.29) is 5.41 Å². The van der Waals surface area contributed by atoms with E-state index >= 15 is 0 Å². The summed E-state index contributed by atoms with van der Waals surface area (Å²) in [5, 5.41) is 0. The van der Waals surface area contributed by atoms with Gasteiger partial charge < -0.3 is 4.90 Å². The molecule has 4 heteroatoms. The molecule has 2 aliphatic carbocycles. The summed E-state index contributed by atoms with van der Waals surface area (Å²) in [5.41, 5.74) is 3.33. The number of amides is 1. The Labute approximate surface area is 142 Å². The Morgan fingerprint density at radius 1 is 1.12 bits per heavy atom. The number of hydrogen-bond donors (Lipinski definition) is 0.